The average Bonchev–Trinajstić information content (AvgIpc) is 2.96. The van der Waals surface area contributed by atoms with E-state index in [1.807, 2.05) is 24.3 Å². The van der Waals surface area contributed by atoms with Crippen LogP contribution in [-0.4, -0.2) is 29.3 Å². The van der Waals surface area contributed by atoms with Gasteiger partial charge in [0.2, 0.25) is 5.91 Å². The lowest BCUT2D eigenvalue weighted by Crippen LogP contribution is -2.38. The number of anilines is 1. The minimum Gasteiger partial charge on any atom is -0.322 e. The number of halogens is 2. The molecule has 4 amide bonds. The normalized spacial score (nSPS) is 16.3. The molecule has 3 rings (SSSR count). The molecule has 2 aromatic carbocycles. The van der Waals surface area contributed by atoms with E-state index < -0.39 is 30.4 Å². The van der Waals surface area contributed by atoms with Crippen LogP contribution in [0.1, 0.15) is 42.5 Å². The third kappa shape index (κ3) is 4.38. The van der Waals surface area contributed by atoms with E-state index in [4.69, 9.17) is 23.2 Å². The lowest BCUT2D eigenvalue weighted by Gasteiger charge is -2.15. The highest BCUT2D eigenvalue weighted by Crippen LogP contribution is 2.33. The van der Waals surface area contributed by atoms with Crippen LogP contribution in [0.25, 0.3) is 0 Å². The topological polar surface area (TPSA) is 78.5 Å². The Morgan fingerprint density at radius 1 is 1.14 bits per heavy atom. The number of carbonyl (C=O) groups excluding carboxylic acids is 3. The van der Waals surface area contributed by atoms with Crippen LogP contribution in [0.3, 0.4) is 0 Å². The van der Waals surface area contributed by atoms with Gasteiger partial charge in [0.15, 0.2) is 0 Å². The van der Waals surface area contributed by atoms with Crippen molar-refractivity contribution < 1.29 is 14.4 Å². The molecule has 1 atom stereocenters. The van der Waals surface area contributed by atoms with Crippen LogP contribution in [-0.2, 0) is 9.59 Å². The number of hydrogen-bond acceptors (Lipinski definition) is 3. The first-order valence-corrected chi connectivity index (χ1v) is 9.90. The summed E-state index contributed by atoms with van der Waals surface area (Å²) in [5.74, 6) is -0.694. The van der Waals surface area contributed by atoms with Gasteiger partial charge in [-0.2, -0.15) is 0 Å². The summed E-state index contributed by atoms with van der Waals surface area (Å²) in [6.45, 7) is 5.49. The zero-order chi connectivity index (χ0) is 21.3. The molecule has 1 aliphatic rings. The van der Waals surface area contributed by atoms with Crippen LogP contribution in [0.5, 0.6) is 0 Å². The van der Waals surface area contributed by atoms with Crippen molar-refractivity contribution in [3.8, 4) is 0 Å². The van der Waals surface area contributed by atoms with Gasteiger partial charge in [0.1, 0.15) is 12.6 Å². The third-order valence-electron chi connectivity index (χ3n) is 4.81. The van der Waals surface area contributed by atoms with Gasteiger partial charge in [-0.05, 0) is 35.6 Å². The maximum Gasteiger partial charge on any atom is 0.325 e. The molecule has 6 nitrogen and oxygen atoms in total. The van der Waals surface area contributed by atoms with E-state index in [-0.39, 0.29) is 10.7 Å². The second kappa shape index (κ2) is 8.43. The number of rotatable bonds is 5. The first-order valence-electron chi connectivity index (χ1n) is 9.15. The Kier molecular flexibility index (Phi) is 6.15. The third-order valence-corrected chi connectivity index (χ3v) is 5.61. The fourth-order valence-corrected chi connectivity index (χ4v) is 3.53. The zero-order valence-corrected chi connectivity index (χ0v) is 17.8. The Balaban J connectivity index is 1.72. The highest BCUT2D eigenvalue weighted by Gasteiger charge is 2.40. The molecule has 0 spiro atoms. The maximum absolute atomic E-state index is 12.7. The van der Waals surface area contributed by atoms with E-state index in [2.05, 4.69) is 24.5 Å². The lowest BCUT2D eigenvalue weighted by molar-refractivity contribution is -0.130. The summed E-state index contributed by atoms with van der Waals surface area (Å²) in [4.78, 5) is 38.3. The van der Waals surface area contributed by atoms with Crippen LogP contribution >= 0.6 is 23.2 Å². The van der Waals surface area contributed by atoms with Gasteiger partial charge in [0.05, 0.1) is 15.7 Å². The smallest absolute Gasteiger partial charge is 0.322 e. The van der Waals surface area contributed by atoms with Crippen molar-refractivity contribution in [2.24, 2.45) is 0 Å². The molecule has 1 saturated heterocycles. The summed E-state index contributed by atoms with van der Waals surface area (Å²) in [5.41, 5.74) is 2.80. The number of hydrogen-bond donors (Lipinski definition) is 2. The van der Waals surface area contributed by atoms with E-state index in [1.54, 1.807) is 19.1 Å². The second-order valence-corrected chi connectivity index (χ2v) is 8.01. The Morgan fingerprint density at radius 3 is 2.41 bits per heavy atom. The highest BCUT2D eigenvalue weighted by molar-refractivity contribution is 6.40. The van der Waals surface area contributed by atoms with Crippen LogP contribution < -0.4 is 10.6 Å². The fourth-order valence-electron chi connectivity index (χ4n) is 3.06. The van der Waals surface area contributed by atoms with Crippen LogP contribution in [0.4, 0.5) is 10.5 Å². The first-order chi connectivity index (χ1) is 13.7. The molecule has 152 valence electrons. The average molecular weight is 434 g/mol. The van der Waals surface area contributed by atoms with E-state index >= 15 is 0 Å². The van der Waals surface area contributed by atoms with E-state index in [0.717, 1.165) is 16.0 Å². The van der Waals surface area contributed by atoms with Crippen molar-refractivity contribution in [1.82, 2.24) is 10.2 Å². The zero-order valence-electron chi connectivity index (χ0n) is 16.3. The number of nitrogens with zero attached hydrogens (tertiary/aromatic N) is 1. The molecule has 1 fully saturated rings. The van der Waals surface area contributed by atoms with Crippen LogP contribution in [0, 0.1) is 6.92 Å². The number of urea groups is 1. The molecule has 0 unspecified atom stereocenters. The molecule has 0 aliphatic carbocycles. The molecule has 0 saturated carbocycles. The van der Waals surface area contributed by atoms with Crippen molar-refractivity contribution >= 4 is 46.7 Å². The molecule has 1 aliphatic heterocycles. The van der Waals surface area contributed by atoms with Crippen molar-refractivity contribution in [3.05, 3.63) is 63.1 Å². The lowest BCUT2D eigenvalue weighted by atomic mass is 9.99. The van der Waals surface area contributed by atoms with Crippen LogP contribution in [0.15, 0.2) is 36.4 Å². The van der Waals surface area contributed by atoms with Gasteiger partial charge in [-0.25, -0.2) is 4.79 Å². The number of imide groups is 1. The second-order valence-electron chi connectivity index (χ2n) is 7.23. The Labute approximate surface area is 179 Å². The maximum atomic E-state index is 12.7. The molecule has 1 heterocycles. The Bertz CT molecular complexity index is 974. The molecule has 8 heteroatoms. The standard InChI is InChI=1S/C21H21Cl2N3O3/c1-11(2)13-5-7-14(8-6-13)18-20(28)26(21(29)25-18)10-16(27)24-19-15(22)9-4-12(3)17(19)23/h4-9,11,18H,10H2,1-3H3,(H,24,27)(H,25,29)/t18-/m1/s1. The minimum absolute atomic E-state index is 0.256. The molecule has 2 aromatic rings. The Morgan fingerprint density at radius 2 is 1.79 bits per heavy atom. The monoisotopic (exact) mass is 433 g/mol. The van der Waals surface area contributed by atoms with Crippen molar-refractivity contribution in [1.29, 1.82) is 0 Å². The van der Waals surface area contributed by atoms with Gasteiger partial charge < -0.3 is 10.6 Å². The minimum atomic E-state index is -0.817. The number of carbonyl (C=O) groups is 3. The summed E-state index contributed by atoms with van der Waals surface area (Å²) >= 11 is 12.3. The number of benzene rings is 2. The predicted molar refractivity (Wildman–Crippen MR) is 113 cm³/mol. The van der Waals surface area contributed by atoms with E-state index in [0.29, 0.717) is 16.5 Å². The number of aryl methyl sites for hydroxylation is 1. The van der Waals surface area contributed by atoms with Crippen molar-refractivity contribution in [3.63, 3.8) is 0 Å². The van der Waals surface area contributed by atoms with Crippen molar-refractivity contribution in [2.75, 3.05) is 11.9 Å². The van der Waals surface area contributed by atoms with Gasteiger partial charge >= 0.3 is 6.03 Å². The number of amides is 4. The molecule has 29 heavy (non-hydrogen) atoms. The van der Waals surface area contributed by atoms with Crippen LogP contribution in [0.2, 0.25) is 10.0 Å². The SMILES string of the molecule is Cc1ccc(Cl)c(NC(=O)CN2C(=O)N[C@H](c3ccc(C(C)C)cc3)C2=O)c1Cl. The fraction of sp³-hybridized carbons (Fsp3) is 0.286. The summed E-state index contributed by atoms with van der Waals surface area (Å²) in [7, 11) is 0. The number of nitrogens with one attached hydrogen (secondary N) is 2. The predicted octanol–water partition coefficient (Wildman–Crippen LogP) is 4.66. The van der Waals surface area contributed by atoms with Gasteiger partial charge in [-0.15, -0.1) is 0 Å². The summed E-state index contributed by atoms with van der Waals surface area (Å²) in [5, 5.41) is 5.79. The molecule has 0 aromatic heterocycles. The van der Waals surface area contributed by atoms with E-state index in [1.165, 1.54) is 0 Å². The molecular formula is C21H21Cl2N3O3. The highest BCUT2D eigenvalue weighted by atomic mass is 35.5. The summed E-state index contributed by atoms with van der Waals surface area (Å²) in [6, 6.07) is 9.39. The molecule has 2 N–H and O–H groups in total. The first kappa shape index (κ1) is 21.1. The van der Waals surface area contributed by atoms with Gasteiger partial charge in [-0.3, -0.25) is 14.5 Å². The molecule has 0 radical (unpaired) electrons. The molecule has 0 bridgehead atoms. The van der Waals surface area contributed by atoms with Gasteiger partial charge in [-0.1, -0.05) is 67.4 Å². The Hall–Kier alpha value is -2.57. The summed E-state index contributed by atoms with van der Waals surface area (Å²) < 4.78 is 0. The summed E-state index contributed by atoms with van der Waals surface area (Å²) in [6.07, 6.45) is 0. The quantitative estimate of drug-likeness (QED) is 0.673. The van der Waals surface area contributed by atoms with Gasteiger partial charge in [0, 0.05) is 0 Å². The largest absolute Gasteiger partial charge is 0.325 e. The van der Waals surface area contributed by atoms with Crippen molar-refractivity contribution in [2.45, 2.75) is 32.7 Å². The van der Waals surface area contributed by atoms with Gasteiger partial charge in [0.25, 0.3) is 5.91 Å². The molecular weight excluding hydrogens is 413 g/mol. The van der Waals surface area contributed by atoms with E-state index in [9.17, 15) is 14.4 Å².